The van der Waals surface area contributed by atoms with Gasteiger partial charge in [-0.2, -0.15) is 0 Å². The Bertz CT molecular complexity index is 133. The minimum Gasteiger partial charge on any atom is -0.255 e. The first-order valence-corrected chi connectivity index (χ1v) is 8.02. The molecule has 0 aliphatic heterocycles. The SMILES string of the molecule is CCCCCCCCCCCCCC([NH])CC. The molecular formula is C16H34N. The van der Waals surface area contributed by atoms with Crippen molar-refractivity contribution < 1.29 is 0 Å². The van der Waals surface area contributed by atoms with Crippen molar-refractivity contribution in [3.05, 3.63) is 0 Å². The van der Waals surface area contributed by atoms with E-state index < -0.39 is 0 Å². The second-order valence-electron chi connectivity index (χ2n) is 5.43. The van der Waals surface area contributed by atoms with Crippen molar-refractivity contribution >= 4 is 0 Å². The standard InChI is InChI=1S/C16H34N/c1-3-5-6-7-8-9-10-11-12-13-14-15-16(17)4-2/h16-17H,3-15H2,1-2H3. The Balaban J connectivity index is 2.94. The zero-order chi connectivity index (χ0) is 12.8. The number of nitrogens with one attached hydrogen (secondary N) is 1. The average molecular weight is 240 g/mol. The Morgan fingerprint density at radius 3 is 1.47 bits per heavy atom. The van der Waals surface area contributed by atoms with Gasteiger partial charge in [-0.05, 0) is 12.8 Å². The highest BCUT2D eigenvalue weighted by atomic mass is 14.6. The van der Waals surface area contributed by atoms with Gasteiger partial charge >= 0.3 is 0 Å². The van der Waals surface area contributed by atoms with E-state index in [1.807, 2.05) is 0 Å². The molecule has 0 bridgehead atoms. The molecule has 0 aromatic heterocycles. The maximum Gasteiger partial charge on any atom is 0.0210 e. The summed E-state index contributed by atoms with van der Waals surface area (Å²) < 4.78 is 0. The van der Waals surface area contributed by atoms with Crippen molar-refractivity contribution in [1.29, 1.82) is 0 Å². The van der Waals surface area contributed by atoms with Crippen LogP contribution in [0.15, 0.2) is 0 Å². The van der Waals surface area contributed by atoms with Gasteiger partial charge in [0.25, 0.3) is 0 Å². The molecule has 17 heavy (non-hydrogen) atoms. The Morgan fingerprint density at radius 1 is 0.647 bits per heavy atom. The van der Waals surface area contributed by atoms with Gasteiger partial charge < -0.3 is 0 Å². The Hall–Kier alpha value is -0.0400. The predicted molar refractivity (Wildman–Crippen MR) is 78.3 cm³/mol. The van der Waals surface area contributed by atoms with Gasteiger partial charge in [0.05, 0.1) is 0 Å². The molecule has 1 heteroatoms. The lowest BCUT2D eigenvalue weighted by molar-refractivity contribution is 0.507. The first-order valence-electron chi connectivity index (χ1n) is 8.02. The van der Waals surface area contributed by atoms with Crippen LogP contribution in [0.25, 0.3) is 0 Å². The van der Waals surface area contributed by atoms with E-state index in [2.05, 4.69) is 13.8 Å². The molecule has 1 unspecified atom stereocenters. The number of hydrogen-bond donors (Lipinski definition) is 0. The molecule has 0 heterocycles. The minimum absolute atomic E-state index is 0.202. The molecule has 0 aromatic carbocycles. The van der Waals surface area contributed by atoms with Crippen LogP contribution in [0.4, 0.5) is 0 Å². The average Bonchev–Trinajstić information content (AvgIpc) is 2.35. The van der Waals surface area contributed by atoms with Crippen LogP contribution in [0.1, 0.15) is 97.3 Å². The van der Waals surface area contributed by atoms with Crippen molar-refractivity contribution in [2.24, 2.45) is 0 Å². The molecule has 1 atom stereocenters. The van der Waals surface area contributed by atoms with E-state index in [1.165, 1.54) is 70.6 Å². The maximum absolute atomic E-state index is 7.65. The fourth-order valence-corrected chi connectivity index (χ4v) is 2.26. The maximum atomic E-state index is 7.65. The van der Waals surface area contributed by atoms with Crippen LogP contribution < -0.4 is 5.73 Å². The Kier molecular flexibility index (Phi) is 14.0. The zero-order valence-corrected chi connectivity index (χ0v) is 12.3. The highest BCUT2D eigenvalue weighted by molar-refractivity contribution is 4.57. The number of rotatable bonds is 13. The molecule has 1 N–H and O–H groups in total. The largest absolute Gasteiger partial charge is 0.255 e. The molecule has 1 radical (unpaired) electrons. The van der Waals surface area contributed by atoms with Gasteiger partial charge in [0, 0.05) is 6.04 Å². The fraction of sp³-hybridized carbons (Fsp3) is 1.00. The van der Waals surface area contributed by atoms with Crippen LogP contribution in [0, 0.1) is 0 Å². The van der Waals surface area contributed by atoms with E-state index in [-0.39, 0.29) is 6.04 Å². The van der Waals surface area contributed by atoms with Crippen LogP contribution in [0.3, 0.4) is 0 Å². The van der Waals surface area contributed by atoms with Gasteiger partial charge in [-0.15, -0.1) is 0 Å². The quantitative estimate of drug-likeness (QED) is 0.366. The molecule has 0 aliphatic rings. The van der Waals surface area contributed by atoms with Gasteiger partial charge in [-0.25, -0.2) is 0 Å². The number of hydrogen-bond acceptors (Lipinski definition) is 0. The first-order chi connectivity index (χ1) is 8.31. The second kappa shape index (κ2) is 14.0. The van der Waals surface area contributed by atoms with Crippen LogP contribution in [0.5, 0.6) is 0 Å². The van der Waals surface area contributed by atoms with E-state index >= 15 is 0 Å². The summed E-state index contributed by atoms with van der Waals surface area (Å²) in [5.41, 5.74) is 7.65. The summed E-state index contributed by atoms with van der Waals surface area (Å²) in [7, 11) is 0. The first kappa shape index (κ1) is 17.0. The summed E-state index contributed by atoms with van der Waals surface area (Å²) in [5.74, 6) is 0. The van der Waals surface area contributed by atoms with Gasteiger partial charge in [-0.3, -0.25) is 5.73 Å². The van der Waals surface area contributed by atoms with Crippen LogP contribution in [0.2, 0.25) is 0 Å². The third kappa shape index (κ3) is 13.9. The van der Waals surface area contributed by atoms with E-state index in [1.54, 1.807) is 0 Å². The van der Waals surface area contributed by atoms with Crippen molar-refractivity contribution in [3.63, 3.8) is 0 Å². The third-order valence-electron chi connectivity index (χ3n) is 3.65. The Morgan fingerprint density at radius 2 is 1.06 bits per heavy atom. The molecule has 0 aliphatic carbocycles. The van der Waals surface area contributed by atoms with Gasteiger partial charge in [-0.1, -0.05) is 84.5 Å². The molecule has 0 rings (SSSR count). The minimum atomic E-state index is 0.202. The highest BCUT2D eigenvalue weighted by Crippen LogP contribution is 2.12. The lowest BCUT2D eigenvalue weighted by Crippen LogP contribution is -2.05. The van der Waals surface area contributed by atoms with Crippen LogP contribution >= 0.6 is 0 Å². The summed E-state index contributed by atoms with van der Waals surface area (Å²) in [6, 6.07) is 0.202. The molecule has 0 fully saturated rings. The molecular weight excluding hydrogens is 206 g/mol. The van der Waals surface area contributed by atoms with E-state index in [0.717, 1.165) is 12.8 Å². The number of unbranched alkanes of at least 4 members (excludes halogenated alkanes) is 10. The Labute approximate surface area is 110 Å². The molecule has 0 saturated heterocycles. The monoisotopic (exact) mass is 240 g/mol. The lowest BCUT2D eigenvalue weighted by Gasteiger charge is -2.06. The van der Waals surface area contributed by atoms with Crippen molar-refractivity contribution in [3.8, 4) is 0 Å². The zero-order valence-electron chi connectivity index (χ0n) is 12.3. The predicted octanol–water partition coefficient (Wildman–Crippen LogP) is 5.75. The van der Waals surface area contributed by atoms with E-state index in [0.29, 0.717) is 0 Å². The molecule has 0 aromatic rings. The smallest absolute Gasteiger partial charge is 0.0210 e. The normalized spacial score (nSPS) is 12.9. The summed E-state index contributed by atoms with van der Waals surface area (Å²) in [6.45, 7) is 4.40. The summed E-state index contributed by atoms with van der Waals surface area (Å²) in [5, 5.41) is 0. The van der Waals surface area contributed by atoms with Crippen molar-refractivity contribution in [2.45, 2.75) is 103 Å². The van der Waals surface area contributed by atoms with Gasteiger partial charge in [0.15, 0.2) is 0 Å². The fourth-order valence-electron chi connectivity index (χ4n) is 2.26. The van der Waals surface area contributed by atoms with E-state index in [4.69, 9.17) is 5.73 Å². The molecule has 103 valence electrons. The van der Waals surface area contributed by atoms with Gasteiger partial charge in [0.2, 0.25) is 0 Å². The third-order valence-corrected chi connectivity index (χ3v) is 3.65. The summed E-state index contributed by atoms with van der Waals surface area (Å²) >= 11 is 0. The van der Waals surface area contributed by atoms with E-state index in [9.17, 15) is 0 Å². The molecule has 0 spiro atoms. The molecule has 0 saturated carbocycles. The molecule has 0 amide bonds. The topological polar surface area (TPSA) is 23.8 Å². The summed E-state index contributed by atoms with van der Waals surface area (Å²) in [6.07, 6.45) is 17.6. The van der Waals surface area contributed by atoms with Crippen molar-refractivity contribution in [1.82, 2.24) is 5.73 Å². The second-order valence-corrected chi connectivity index (χ2v) is 5.43. The van der Waals surface area contributed by atoms with Crippen LogP contribution in [-0.2, 0) is 0 Å². The molecule has 1 nitrogen and oxygen atoms in total. The van der Waals surface area contributed by atoms with Gasteiger partial charge in [0.1, 0.15) is 0 Å². The summed E-state index contributed by atoms with van der Waals surface area (Å²) in [4.78, 5) is 0. The highest BCUT2D eigenvalue weighted by Gasteiger charge is 1.99. The van der Waals surface area contributed by atoms with Crippen molar-refractivity contribution in [2.75, 3.05) is 0 Å². The lowest BCUT2D eigenvalue weighted by atomic mass is 10.0. The van der Waals surface area contributed by atoms with Crippen LogP contribution in [-0.4, -0.2) is 6.04 Å².